The SMILES string of the molecule is Cl.N#Cc1cnc(OC2[C@@H]3CNC[C@H]2C3)c(Cl)c1. The molecule has 0 radical (unpaired) electrons. The van der Waals surface area contributed by atoms with Crippen molar-refractivity contribution in [1.29, 1.82) is 5.26 Å². The third-order valence-corrected chi connectivity index (χ3v) is 3.80. The lowest BCUT2D eigenvalue weighted by Crippen LogP contribution is -2.59. The molecule has 2 aliphatic rings. The molecule has 1 unspecified atom stereocenters. The van der Waals surface area contributed by atoms with Crippen molar-refractivity contribution in [3.63, 3.8) is 0 Å². The van der Waals surface area contributed by atoms with Crippen molar-refractivity contribution in [2.75, 3.05) is 13.1 Å². The number of pyridine rings is 1. The maximum Gasteiger partial charge on any atom is 0.232 e. The third kappa shape index (κ3) is 2.26. The summed E-state index contributed by atoms with van der Waals surface area (Å²) in [5.41, 5.74) is 0.456. The summed E-state index contributed by atoms with van der Waals surface area (Å²) >= 11 is 6.04. The van der Waals surface area contributed by atoms with E-state index in [0.29, 0.717) is 28.3 Å². The van der Waals surface area contributed by atoms with Gasteiger partial charge >= 0.3 is 0 Å². The molecule has 1 aromatic rings. The summed E-state index contributed by atoms with van der Waals surface area (Å²) in [4.78, 5) is 4.10. The maximum absolute atomic E-state index is 8.73. The summed E-state index contributed by atoms with van der Waals surface area (Å²) in [5.74, 6) is 1.59. The van der Waals surface area contributed by atoms with E-state index in [1.807, 2.05) is 6.07 Å². The fourth-order valence-corrected chi connectivity index (χ4v) is 2.80. The quantitative estimate of drug-likeness (QED) is 0.903. The van der Waals surface area contributed by atoms with Crippen LogP contribution in [0, 0.1) is 23.2 Å². The molecular formula is C12H13Cl2N3O. The zero-order valence-corrected chi connectivity index (χ0v) is 11.2. The first kappa shape index (κ1) is 13.4. The van der Waals surface area contributed by atoms with Crippen molar-refractivity contribution in [2.45, 2.75) is 12.5 Å². The molecule has 96 valence electrons. The lowest BCUT2D eigenvalue weighted by Gasteiger charge is -2.48. The molecule has 18 heavy (non-hydrogen) atoms. The monoisotopic (exact) mass is 285 g/mol. The van der Waals surface area contributed by atoms with Crippen LogP contribution >= 0.6 is 24.0 Å². The average Bonchev–Trinajstić information content (AvgIpc) is 2.37. The Morgan fingerprint density at radius 3 is 2.72 bits per heavy atom. The summed E-state index contributed by atoms with van der Waals surface area (Å²) in [6.45, 7) is 2.02. The fourth-order valence-electron chi connectivity index (χ4n) is 2.59. The second-order valence-electron chi connectivity index (χ2n) is 4.62. The molecule has 4 nitrogen and oxygen atoms in total. The van der Waals surface area contributed by atoms with Crippen LogP contribution in [0.5, 0.6) is 5.88 Å². The predicted octanol–water partition coefficient (Wildman–Crippen LogP) is 2.02. The number of rotatable bonds is 2. The van der Waals surface area contributed by atoms with Gasteiger partial charge in [-0.1, -0.05) is 11.6 Å². The number of ether oxygens (including phenoxy) is 1. The number of piperidine rings is 2. The van der Waals surface area contributed by atoms with Crippen LogP contribution in [0.3, 0.4) is 0 Å². The van der Waals surface area contributed by atoms with Crippen LogP contribution < -0.4 is 10.1 Å². The van der Waals surface area contributed by atoms with Gasteiger partial charge in [0.25, 0.3) is 0 Å². The van der Waals surface area contributed by atoms with E-state index in [0.717, 1.165) is 13.1 Å². The molecule has 2 heterocycles. The van der Waals surface area contributed by atoms with Crippen LogP contribution in [-0.4, -0.2) is 24.2 Å². The Hall–Kier alpha value is -1.02. The Labute approximate surface area is 117 Å². The van der Waals surface area contributed by atoms with Crippen molar-refractivity contribution in [3.05, 3.63) is 22.8 Å². The van der Waals surface area contributed by atoms with Gasteiger partial charge in [0, 0.05) is 31.1 Å². The first-order valence-corrected chi connectivity index (χ1v) is 6.08. The standard InChI is InChI=1S/C12H12ClN3O.ClH/c13-10-1-7(3-14)4-16-12(10)17-11-8-2-9(11)6-15-5-8;/h1,4,8-9,11,15H,2,5-6H2;1H/t8-,9+,11?;. The summed E-state index contributed by atoms with van der Waals surface area (Å²) in [7, 11) is 0. The highest BCUT2D eigenvalue weighted by molar-refractivity contribution is 6.31. The predicted molar refractivity (Wildman–Crippen MR) is 70.1 cm³/mol. The summed E-state index contributed by atoms with van der Waals surface area (Å²) in [5, 5.41) is 12.5. The Morgan fingerprint density at radius 1 is 1.44 bits per heavy atom. The molecule has 0 amide bonds. The number of halogens is 2. The van der Waals surface area contributed by atoms with E-state index in [-0.39, 0.29) is 18.5 Å². The lowest BCUT2D eigenvalue weighted by molar-refractivity contribution is -0.0469. The van der Waals surface area contributed by atoms with Gasteiger partial charge in [-0.3, -0.25) is 0 Å². The van der Waals surface area contributed by atoms with E-state index in [2.05, 4.69) is 10.3 Å². The number of hydrogen-bond donors (Lipinski definition) is 1. The van der Waals surface area contributed by atoms with E-state index in [1.165, 1.54) is 12.6 Å². The molecule has 2 bridgehead atoms. The first-order chi connectivity index (χ1) is 8.28. The number of nitrogens with one attached hydrogen (secondary N) is 1. The van der Waals surface area contributed by atoms with Gasteiger partial charge in [-0.2, -0.15) is 5.26 Å². The van der Waals surface area contributed by atoms with E-state index in [9.17, 15) is 0 Å². The number of fused-ring (bicyclic) bond motifs is 2. The maximum atomic E-state index is 8.73. The van der Waals surface area contributed by atoms with Gasteiger partial charge in [0.1, 0.15) is 17.2 Å². The van der Waals surface area contributed by atoms with Crippen LogP contribution in [-0.2, 0) is 0 Å². The largest absolute Gasteiger partial charge is 0.473 e. The third-order valence-electron chi connectivity index (χ3n) is 3.53. The molecule has 1 aromatic heterocycles. The van der Waals surface area contributed by atoms with Crippen molar-refractivity contribution < 1.29 is 4.74 Å². The average molecular weight is 286 g/mol. The summed E-state index contributed by atoms with van der Waals surface area (Å²) in [6, 6.07) is 3.60. The number of nitrogens with zero attached hydrogens (tertiary/aromatic N) is 2. The van der Waals surface area contributed by atoms with E-state index in [1.54, 1.807) is 6.07 Å². The van der Waals surface area contributed by atoms with Crippen LogP contribution in [0.4, 0.5) is 0 Å². The van der Waals surface area contributed by atoms with E-state index < -0.39 is 0 Å². The Balaban J connectivity index is 0.00000120. The van der Waals surface area contributed by atoms with Gasteiger partial charge in [0.2, 0.25) is 5.88 Å². The first-order valence-electron chi connectivity index (χ1n) is 5.71. The van der Waals surface area contributed by atoms with Crippen LogP contribution in [0.1, 0.15) is 12.0 Å². The summed E-state index contributed by atoms with van der Waals surface area (Å²) in [6.07, 6.45) is 2.95. The van der Waals surface area contributed by atoms with Crippen molar-refractivity contribution in [3.8, 4) is 11.9 Å². The lowest BCUT2D eigenvalue weighted by atomic mass is 9.69. The molecule has 3 rings (SSSR count). The fraction of sp³-hybridized carbons (Fsp3) is 0.500. The zero-order valence-electron chi connectivity index (χ0n) is 9.60. The normalized spacial score (nSPS) is 28.6. The molecule has 0 aromatic carbocycles. The van der Waals surface area contributed by atoms with Gasteiger partial charge < -0.3 is 10.1 Å². The second kappa shape index (κ2) is 5.31. The molecular weight excluding hydrogens is 273 g/mol. The van der Waals surface area contributed by atoms with Gasteiger partial charge in [0.15, 0.2) is 0 Å². The van der Waals surface area contributed by atoms with E-state index >= 15 is 0 Å². The molecule has 1 N–H and O–H groups in total. The minimum Gasteiger partial charge on any atom is -0.473 e. The highest BCUT2D eigenvalue weighted by Crippen LogP contribution is 2.40. The van der Waals surface area contributed by atoms with Gasteiger partial charge in [-0.15, -0.1) is 12.4 Å². The van der Waals surface area contributed by atoms with Crippen LogP contribution in [0.15, 0.2) is 12.3 Å². The van der Waals surface area contributed by atoms with Crippen molar-refractivity contribution in [1.82, 2.24) is 10.3 Å². The minimum atomic E-state index is 0. The highest BCUT2D eigenvalue weighted by atomic mass is 35.5. The number of hydrogen-bond acceptors (Lipinski definition) is 4. The molecule has 0 spiro atoms. The van der Waals surface area contributed by atoms with Gasteiger partial charge in [-0.25, -0.2) is 4.98 Å². The molecule has 1 aliphatic heterocycles. The molecule has 2 fully saturated rings. The topological polar surface area (TPSA) is 57.9 Å². The van der Waals surface area contributed by atoms with Crippen LogP contribution in [0.2, 0.25) is 5.02 Å². The molecule has 3 atom stereocenters. The number of nitriles is 1. The highest BCUT2D eigenvalue weighted by Gasteiger charge is 2.45. The minimum absolute atomic E-state index is 0. The molecule has 1 saturated carbocycles. The molecule has 1 aliphatic carbocycles. The second-order valence-corrected chi connectivity index (χ2v) is 5.03. The zero-order chi connectivity index (χ0) is 11.8. The molecule has 1 saturated heterocycles. The summed E-state index contributed by atoms with van der Waals surface area (Å²) < 4.78 is 5.86. The Morgan fingerprint density at radius 2 is 2.17 bits per heavy atom. The van der Waals surface area contributed by atoms with Gasteiger partial charge in [-0.05, 0) is 12.5 Å². The number of aromatic nitrogens is 1. The van der Waals surface area contributed by atoms with Crippen molar-refractivity contribution in [2.24, 2.45) is 11.8 Å². The van der Waals surface area contributed by atoms with Gasteiger partial charge in [0.05, 0.1) is 5.56 Å². The molecule has 6 heteroatoms. The Bertz CT molecular complexity index is 475. The smallest absolute Gasteiger partial charge is 0.232 e. The van der Waals surface area contributed by atoms with Crippen LogP contribution in [0.25, 0.3) is 0 Å². The van der Waals surface area contributed by atoms with Crippen molar-refractivity contribution >= 4 is 24.0 Å². The Kier molecular flexibility index (Phi) is 3.96. The van der Waals surface area contributed by atoms with E-state index in [4.69, 9.17) is 21.6 Å².